The molecule has 1 saturated heterocycles. The molecule has 0 amide bonds. The molecule has 21 heavy (non-hydrogen) atoms. The van der Waals surface area contributed by atoms with E-state index in [-0.39, 0.29) is 23.0 Å². The number of hydrogen-bond acceptors (Lipinski definition) is 4. The molecule has 0 aromatic heterocycles. The van der Waals surface area contributed by atoms with Crippen molar-refractivity contribution in [2.45, 2.75) is 30.3 Å². The van der Waals surface area contributed by atoms with E-state index < -0.39 is 15.8 Å². The first-order chi connectivity index (χ1) is 9.86. The van der Waals surface area contributed by atoms with Crippen molar-refractivity contribution in [3.05, 3.63) is 29.6 Å². The van der Waals surface area contributed by atoms with Gasteiger partial charge in [-0.05, 0) is 45.1 Å². The van der Waals surface area contributed by atoms with Crippen LogP contribution in [-0.4, -0.2) is 50.8 Å². The molecule has 7 heteroatoms. The van der Waals surface area contributed by atoms with Gasteiger partial charge in [-0.3, -0.25) is 0 Å². The number of nitrogens with zero attached hydrogens (tertiary/aromatic N) is 2. The first-order valence-electron chi connectivity index (χ1n) is 7.01. The van der Waals surface area contributed by atoms with E-state index in [1.54, 1.807) is 0 Å². The third-order valence-electron chi connectivity index (χ3n) is 3.74. The normalized spacial score (nSPS) is 20.3. The first-order valence-corrected chi connectivity index (χ1v) is 8.45. The van der Waals surface area contributed by atoms with Gasteiger partial charge in [0.25, 0.3) is 0 Å². The van der Waals surface area contributed by atoms with Gasteiger partial charge in [0, 0.05) is 31.2 Å². The Morgan fingerprint density at radius 2 is 2.14 bits per heavy atom. The van der Waals surface area contributed by atoms with E-state index in [0.717, 1.165) is 12.8 Å². The average molecular weight is 315 g/mol. The highest BCUT2D eigenvalue weighted by atomic mass is 32.2. The number of rotatable bonds is 5. The van der Waals surface area contributed by atoms with Crippen molar-refractivity contribution in [1.82, 2.24) is 9.21 Å². The first kappa shape index (κ1) is 16.4. The summed E-state index contributed by atoms with van der Waals surface area (Å²) in [6.07, 6.45) is 1.70. The Bertz CT molecular complexity index is 604. The van der Waals surface area contributed by atoms with Crippen LogP contribution in [0.15, 0.2) is 23.1 Å². The topological polar surface area (TPSA) is 66.6 Å². The van der Waals surface area contributed by atoms with Gasteiger partial charge in [0.2, 0.25) is 10.0 Å². The third kappa shape index (κ3) is 3.42. The van der Waals surface area contributed by atoms with Crippen LogP contribution in [0.3, 0.4) is 0 Å². The van der Waals surface area contributed by atoms with Crippen LogP contribution in [0.5, 0.6) is 0 Å². The van der Waals surface area contributed by atoms with Gasteiger partial charge in [0.05, 0.1) is 4.90 Å². The van der Waals surface area contributed by atoms with Crippen LogP contribution < -0.4 is 5.73 Å². The number of likely N-dealkylation sites (N-methyl/N-ethyl adjacent to an activating group) is 1. The maximum Gasteiger partial charge on any atom is 0.243 e. The van der Waals surface area contributed by atoms with E-state index in [9.17, 15) is 12.8 Å². The quantitative estimate of drug-likeness (QED) is 0.880. The molecule has 2 N–H and O–H groups in total. The second kappa shape index (κ2) is 6.39. The molecule has 0 bridgehead atoms. The number of halogens is 1. The zero-order chi connectivity index (χ0) is 15.6. The molecule has 1 aliphatic rings. The van der Waals surface area contributed by atoms with Crippen molar-refractivity contribution in [3.63, 3.8) is 0 Å². The Labute approximate surface area is 125 Å². The van der Waals surface area contributed by atoms with Gasteiger partial charge in [0.1, 0.15) is 5.82 Å². The molecule has 2 rings (SSSR count). The SMILES string of the molecule is CN(C)CC1CCCN1S(=O)(=O)c1ccc(F)c(CN)c1. The molecule has 118 valence electrons. The molecular formula is C14H22FN3O2S. The number of hydrogen-bond donors (Lipinski definition) is 1. The summed E-state index contributed by atoms with van der Waals surface area (Å²) in [5.41, 5.74) is 5.68. The molecule has 1 aromatic carbocycles. The predicted molar refractivity (Wildman–Crippen MR) is 79.8 cm³/mol. The summed E-state index contributed by atoms with van der Waals surface area (Å²) in [4.78, 5) is 2.10. The van der Waals surface area contributed by atoms with Crippen molar-refractivity contribution < 1.29 is 12.8 Å². The van der Waals surface area contributed by atoms with Crippen LogP contribution >= 0.6 is 0 Å². The summed E-state index contributed by atoms with van der Waals surface area (Å²) in [6, 6.07) is 3.80. The van der Waals surface area contributed by atoms with E-state index in [0.29, 0.717) is 13.1 Å². The van der Waals surface area contributed by atoms with E-state index in [1.807, 2.05) is 19.0 Å². The molecule has 0 radical (unpaired) electrons. The van der Waals surface area contributed by atoms with E-state index in [2.05, 4.69) is 0 Å². The highest BCUT2D eigenvalue weighted by Crippen LogP contribution is 2.27. The number of benzene rings is 1. The van der Waals surface area contributed by atoms with Crippen molar-refractivity contribution in [2.75, 3.05) is 27.2 Å². The molecule has 0 aliphatic carbocycles. The number of sulfonamides is 1. The summed E-state index contributed by atoms with van der Waals surface area (Å²) in [5, 5.41) is 0. The smallest absolute Gasteiger partial charge is 0.243 e. The Kier molecular flexibility index (Phi) is 4.98. The minimum Gasteiger partial charge on any atom is -0.326 e. The van der Waals surface area contributed by atoms with E-state index in [1.165, 1.54) is 22.5 Å². The van der Waals surface area contributed by atoms with Crippen LogP contribution in [0.25, 0.3) is 0 Å². The van der Waals surface area contributed by atoms with Gasteiger partial charge in [-0.1, -0.05) is 0 Å². The zero-order valence-corrected chi connectivity index (χ0v) is 13.2. The molecule has 1 aliphatic heterocycles. The van der Waals surface area contributed by atoms with Crippen molar-refractivity contribution in [2.24, 2.45) is 5.73 Å². The van der Waals surface area contributed by atoms with Crippen molar-refractivity contribution >= 4 is 10.0 Å². The summed E-state index contributed by atoms with van der Waals surface area (Å²) in [6.45, 7) is 1.18. The summed E-state index contributed by atoms with van der Waals surface area (Å²) in [5.74, 6) is -0.470. The Morgan fingerprint density at radius 3 is 2.76 bits per heavy atom. The number of nitrogens with two attached hydrogens (primary N) is 1. The van der Waals surface area contributed by atoms with Gasteiger partial charge in [-0.15, -0.1) is 0 Å². The van der Waals surface area contributed by atoms with Crippen LogP contribution in [0.1, 0.15) is 18.4 Å². The highest BCUT2D eigenvalue weighted by molar-refractivity contribution is 7.89. The second-order valence-electron chi connectivity index (χ2n) is 5.63. The van der Waals surface area contributed by atoms with Gasteiger partial charge in [-0.2, -0.15) is 4.31 Å². The lowest BCUT2D eigenvalue weighted by molar-refractivity contribution is 0.291. The molecule has 1 fully saturated rings. The lowest BCUT2D eigenvalue weighted by Gasteiger charge is -2.26. The second-order valence-corrected chi connectivity index (χ2v) is 7.52. The Morgan fingerprint density at radius 1 is 1.43 bits per heavy atom. The van der Waals surface area contributed by atoms with E-state index >= 15 is 0 Å². The monoisotopic (exact) mass is 315 g/mol. The minimum atomic E-state index is -3.60. The Balaban J connectivity index is 2.33. The van der Waals surface area contributed by atoms with Crippen LogP contribution in [0.2, 0.25) is 0 Å². The maximum atomic E-state index is 13.5. The zero-order valence-electron chi connectivity index (χ0n) is 12.4. The average Bonchev–Trinajstić information content (AvgIpc) is 2.87. The summed E-state index contributed by atoms with van der Waals surface area (Å²) >= 11 is 0. The van der Waals surface area contributed by atoms with Crippen LogP contribution in [0.4, 0.5) is 4.39 Å². The van der Waals surface area contributed by atoms with Gasteiger partial charge in [0.15, 0.2) is 0 Å². The molecule has 0 saturated carbocycles. The molecule has 1 unspecified atom stereocenters. The maximum absolute atomic E-state index is 13.5. The van der Waals surface area contributed by atoms with E-state index in [4.69, 9.17) is 5.73 Å². The predicted octanol–water partition coefficient (Wildman–Crippen LogP) is 0.999. The summed E-state index contributed by atoms with van der Waals surface area (Å²) in [7, 11) is 0.250. The van der Waals surface area contributed by atoms with Crippen LogP contribution in [-0.2, 0) is 16.6 Å². The molecule has 1 aromatic rings. The summed E-state index contributed by atoms with van der Waals surface area (Å²) < 4.78 is 40.5. The van der Waals surface area contributed by atoms with Crippen molar-refractivity contribution in [3.8, 4) is 0 Å². The molecule has 0 spiro atoms. The van der Waals surface area contributed by atoms with Gasteiger partial charge >= 0.3 is 0 Å². The molecule has 1 atom stereocenters. The third-order valence-corrected chi connectivity index (χ3v) is 5.69. The fourth-order valence-corrected chi connectivity index (χ4v) is 4.47. The molecule has 5 nitrogen and oxygen atoms in total. The lowest BCUT2D eigenvalue weighted by Crippen LogP contribution is -2.41. The largest absolute Gasteiger partial charge is 0.326 e. The molecular weight excluding hydrogens is 293 g/mol. The molecule has 1 heterocycles. The fraction of sp³-hybridized carbons (Fsp3) is 0.571. The Hall–Kier alpha value is -1.02. The minimum absolute atomic E-state index is 0.0175. The fourth-order valence-electron chi connectivity index (χ4n) is 2.73. The van der Waals surface area contributed by atoms with Gasteiger partial charge in [-0.25, -0.2) is 12.8 Å². The standard InChI is InChI=1S/C14H22FN3O2S/c1-17(2)10-12-4-3-7-18(12)21(19,20)13-5-6-14(15)11(8-13)9-16/h5-6,8,12H,3-4,7,9-10,16H2,1-2H3. The van der Waals surface area contributed by atoms with Crippen LogP contribution in [0, 0.1) is 5.82 Å². The highest BCUT2D eigenvalue weighted by Gasteiger charge is 2.35. The lowest BCUT2D eigenvalue weighted by atomic mass is 10.2. The van der Waals surface area contributed by atoms with Crippen molar-refractivity contribution in [1.29, 1.82) is 0 Å². The van der Waals surface area contributed by atoms with Gasteiger partial charge < -0.3 is 10.6 Å².